The molecule has 0 radical (unpaired) electrons. The topological polar surface area (TPSA) is 38.1 Å². The fourth-order valence-electron chi connectivity index (χ4n) is 1.83. The molecule has 0 amide bonds. The average molecular weight is 244 g/mol. The van der Waals surface area contributed by atoms with E-state index in [-0.39, 0.29) is 0 Å². The van der Waals surface area contributed by atoms with Gasteiger partial charge in [0.05, 0.1) is 5.69 Å². The summed E-state index contributed by atoms with van der Waals surface area (Å²) in [6.07, 6.45) is 2.19. The molecule has 0 aliphatic rings. The number of benzene rings is 1. The smallest absolute Gasteiger partial charge is 0.167 e. The van der Waals surface area contributed by atoms with Gasteiger partial charge in [0.25, 0.3) is 0 Å². The zero-order chi connectivity index (χ0) is 12.8. The van der Waals surface area contributed by atoms with Crippen LogP contribution in [0.3, 0.4) is 0 Å². The lowest BCUT2D eigenvalue weighted by Gasteiger charge is -1.98. The number of aryl methyl sites for hydroxylation is 1. The van der Waals surface area contributed by atoms with Gasteiger partial charge in [-0.05, 0) is 24.9 Å². The van der Waals surface area contributed by atoms with Gasteiger partial charge in [0.15, 0.2) is 5.76 Å². The van der Waals surface area contributed by atoms with Gasteiger partial charge < -0.3 is 9.84 Å². The molecule has 0 bridgehead atoms. The highest BCUT2D eigenvalue weighted by Crippen LogP contribution is 2.20. The first-order valence-corrected chi connectivity index (χ1v) is 6.59. The molecule has 2 rings (SSSR count). The maximum atomic E-state index is 5.36. The van der Waals surface area contributed by atoms with E-state index in [1.54, 1.807) is 0 Å². The molecule has 96 valence electrons. The minimum absolute atomic E-state index is 0.768. The molecule has 1 aromatic carbocycles. The van der Waals surface area contributed by atoms with Crippen molar-refractivity contribution in [3.05, 3.63) is 41.6 Å². The van der Waals surface area contributed by atoms with Gasteiger partial charge in [-0.25, -0.2) is 0 Å². The fourth-order valence-corrected chi connectivity index (χ4v) is 1.83. The number of hydrogen-bond acceptors (Lipinski definition) is 3. The lowest BCUT2D eigenvalue weighted by Crippen LogP contribution is -2.13. The Bertz CT molecular complexity index is 473. The highest BCUT2D eigenvalue weighted by atomic mass is 16.5. The van der Waals surface area contributed by atoms with Crippen molar-refractivity contribution in [2.45, 2.75) is 33.2 Å². The summed E-state index contributed by atoms with van der Waals surface area (Å²) in [7, 11) is 0. The SMILES string of the molecule is CCCNCc1cc(-c2ccc(CC)cc2)on1. The quantitative estimate of drug-likeness (QED) is 0.791. The van der Waals surface area contributed by atoms with Gasteiger partial charge in [-0.1, -0.05) is 43.3 Å². The van der Waals surface area contributed by atoms with Crippen LogP contribution in [0.15, 0.2) is 34.9 Å². The van der Waals surface area contributed by atoms with Gasteiger partial charge in [-0.15, -0.1) is 0 Å². The zero-order valence-electron chi connectivity index (χ0n) is 11.1. The summed E-state index contributed by atoms with van der Waals surface area (Å²) in [6.45, 7) is 6.08. The summed E-state index contributed by atoms with van der Waals surface area (Å²) in [6, 6.07) is 10.4. The molecule has 1 heterocycles. The van der Waals surface area contributed by atoms with Crippen molar-refractivity contribution in [3.8, 4) is 11.3 Å². The van der Waals surface area contributed by atoms with Gasteiger partial charge in [0, 0.05) is 18.2 Å². The monoisotopic (exact) mass is 244 g/mol. The molecule has 0 saturated carbocycles. The third kappa shape index (κ3) is 3.20. The van der Waals surface area contributed by atoms with E-state index in [2.05, 4.69) is 48.6 Å². The van der Waals surface area contributed by atoms with Crippen LogP contribution in [-0.4, -0.2) is 11.7 Å². The Morgan fingerprint density at radius 2 is 1.94 bits per heavy atom. The van der Waals surface area contributed by atoms with Crippen LogP contribution < -0.4 is 5.32 Å². The molecule has 0 fully saturated rings. The summed E-state index contributed by atoms with van der Waals surface area (Å²) < 4.78 is 5.36. The van der Waals surface area contributed by atoms with Crippen molar-refractivity contribution in [2.75, 3.05) is 6.54 Å². The van der Waals surface area contributed by atoms with Crippen molar-refractivity contribution in [1.29, 1.82) is 0 Å². The van der Waals surface area contributed by atoms with Crippen LogP contribution in [0.4, 0.5) is 0 Å². The highest BCUT2D eigenvalue weighted by Gasteiger charge is 2.06. The molecule has 3 nitrogen and oxygen atoms in total. The van der Waals surface area contributed by atoms with Crippen LogP contribution in [0.1, 0.15) is 31.5 Å². The summed E-state index contributed by atoms with van der Waals surface area (Å²) >= 11 is 0. The van der Waals surface area contributed by atoms with Crippen LogP contribution in [-0.2, 0) is 13.0 Å². The molecular weight excluding hydrogens is 224 g/mol. The third-order valence-electron chi connectivity index (χ3n) is 2.94. The first-order valence-electron chi connectivity index (χ1n) is 6.59. The Labute approximate surface area is 108 Å². The zero-order valence-corrected chi connectivity index (χ0v) is 11.1. The summed E-state index contributed by atoms with van der Waals surface area (Å²) in [5.74, 6) is 0.839. The first-order chi connectivity index (χ1) is 8.83. The van der Waals surface area contributed by atoms with Crippen LogP contribution >= 0.6 is 0 Å². The maximum absolute atomic E-state index is 5.36. The van der Waals surface area contributed by atoms with Crippen LogP contribution in [0.25, 0.3) is 11.3 Å². The molecule has 1 aromatic heterocycles. The Balaban J connectivity index is 2.04. The second-order valence-electron chi connectivity index (χ2n) is 4.41. The second-order valence-corrected chi connectivity index (χ2v) is 4.41. The minimum Gasteiger partial charge on any atom is -0.356 e. The van der Waals surface area contributed by atoms with Crippen molar-refractivity contribution in [1.82, 2.24) is 10.5 Å². The van der Waals surface area contributed by atoms with Crippen LogP contribution in [0, 0.1) is 0 Å². The van der Waals surface area contributed by atoms with Gasteiger partial charge in [-0.2, -0.15) is 0 Å². The number of hydrogen-bond donors (Lipinski definition) is 1. The number of aromatic nitrogens is 1. The molecule has 0 aliphatic heterocycles. The normalized spacial score (nSPS) is 10.8. The summed E-state index contributed by atoms with van der Waals surface area (Å²) in [4.78, 5) is 0. The average Bonchev–Trinajstić information content (AvgIpc) is 2.88. The van der Waals surface area contributed by atoms with E-state index in [4.69, 9.17) is 4.52 Å². The van der Waals surface area contributed by atoms with Gasteiger partial charge in [0.1, 0.15) is 0 Å². The summed E-state index contributed by atoms with van der Waals surface area (Å²) in [5, 5.41) is 7.38. The Hall–Kier alpha value is -1.61. The maximum Gasteiger partial charge on any atom is 0.167 e. The Kier molecular flexibility index (Phi) is 4.53. The van der Waals surface area contributed by atoms with Crippen molar-refractivity contribution in [2.24, 2.45) is 0 Å². The fraction of sp³-hybridized carbons (Fsp3) is 0.400. The molecule has 0 unspecified atom stereocenters. The van der Waals surface area contributed by atoms with E-state index < -0.39 is 0 Å². The molecule has 1 N–H and O–H groups in total. The largest absolute Gasteiger partial charge is 0.356 e. The molecular formula is C15H20N2O. The Morgan fingerprint density at radius 1 is 1.17 bits per heavy atom. The second kappa shape index (κ2) is 6.36. The van der Waals surface area contributed by atoms with E-state index in [9.17, 15) is 0 Å². The van der Waals surface area contributed by atoms with Crippen molar-refractivity contribution >= 4 is 0 Å². The van der Waals surface area contributed by atoms with Crippen LogP contribution in [0.5, 0.6) is 0 Å². The van der Waals surface area contributed by atoms with Crippen molar-refractivity contribution < 1.29 is 4.52 Å². The van der Waals surface area contributed by atoms with Gasteiger partial charge >= 0.3 is 0 Å². The number of rotatable bonds is 6. The minimum atomic E-state index is 0.768. The van der Waals surface area contributed by atoms with E-state index in [1.807, 2.05) is 6.07 Å². The molecule has 0 atom stereocenters. The standard InChI is InChI=1S/C15H20N2O/c1-3-9-16-11-14-10-15(18-17-14)13-7-5-12(4-2)6-8-13/h5-8,10,16H,3-4,9,11H2,1-2H3. The molecule has 2 aromatic rings. The Morgan fingerprint density at radius 3 is 2.61 bits per heavy atom. The molecule has 18 heavy (non-hydrogen) atoms. The van der Waals surface area contributed by atoms with Gasteiger partial charge in [0.2, 0.25) is 0 Å². The number of nitrogens with one attached hydrogen (secondary N) is 1. The van der Waals surface area contributed by atoms with Crippen LogP contribution in [0.2, 0.25) is 0 Å². The van der Waals surface area contributed by atoms with Gasteiger partial charge in [-0.3, -0.25) is 0 Å². The van der Waals surface area contributed by atoms with E-state index in [0.717, 1.165) is 42.9 Å². The predicted octanol–water partition coefficient (Wildman–Crippen LogP) is 3.40. The summed E-state index contributed by atoms with van der Waals surface area (Å²) in [5.41, 5.74) is 3.38. The molecule has 0 spiro atoms. The third-order valence-corrected chi connectivity index (χ3v) is 2.94. The van der Waals surface area contributed by atoms with E-state index >= 15 is 0 Å². The highest BCUT2D eigenvalue weighted by molar-refractivity contribution is 5.57. The number of nitrogens with zero attached hydrogens (tertiary/aromatic N) is 1. The predicted molar refractivity (Wildman–Crippen MR) is 73.3 cm³/mol. The lowest BCUT2D eigenvalue weighted by molar-refractivity contribution is 0.420. The van der Waals surface area contributed by atoms with E-state index in [0.29, 0.717) is 0 Å². The first kappa shape index (κ1) is 12.8. The lowest BCUT2D eigenvalue weighted by atomic mass is 10.1. The molecule has 3 heteroatoms. The van der Waals surface area contributed by atoms with E-state index in [1.165, 1.54) is 5.56 Å². The molecule has 0 aliphatic carbocycles. The molecule has 0 saturated heterocycles. The van der Waals surface area contributed by atoms with Crippen molar-refractivity contribution in [3.63, 3.8) is 0 Å².